The van der Waals surface area contributed by atoms with Crippen LogP contribution in [0.1, 0.15) is 53.9 Å². The second-order valence-corrected chi connectivity index (χ2v) is 7.29. The van der Waals surface area contributed by atoms with Crippen LogP contribution in [0, 0.1) is 0 Å². The molecule has 0 radical (unpaired) electrons. The number of aromatic nitrogens is 1. The van der Waals surface area contributed by atoms with Gasteiger partial charge in [-0.1, -0.05) is 31.4 Å². The summed E-state index contributed by atoms with van der Waals surface area (Å²) in [6.07, 6.45) is 7.03. The molecule has 1 fully saturated rings. The van der Waals surface area contributed by atoms with Gasteiger partial charge in [-0.05, 0) is 42.5 Å². The minimum atomic E-state index is -0.601. The highest BCUT2D eigenvalue weighted by Gasteiger charge is 2.20. The topological polar surface area (TPSA) is 102 Å². The Labute approximate surface area is 161 Å². The van der Waals surface area contributed by atoms with Gasteiger partial charge in [0, 0.05) is 18.0 Å². The number of hydrogen-bond donors (Lipinski definition) is 4. The summed E-state index contributed by atoms with van der Waals surface area (Å²) in [7, 11) is 0. The summed E-state index contributed by atoms with van der Waals surface area (Å²) in [6.45, 7) is 0. The number of aromatic amines is 1. The number of anilines is 1. The summed E-state index contributed by atoms with van der Waals surface area (Å²) >= 11 is 0. The van der Waals surface area contributed by atoms with Gasteiger partial charge in [-0.2, -0.15) is 0 Å². The number of hydrogen-bond acceptors (Lipinski definition) is 4. The van der Waals surface area contributed by atoms with E-state index in [9.17, 15) is 19.8 Å². The van der Waals surface area contributed by atoms with Crippen LogP contribution in [-0.2, 0) is 0 Å². The Hall–Kier alpha value is -3.28. The average molecular weight is 378 g/mol. The van der Waals surface area contributed by atoms with Gasteiger partial charge in [0.15, 0.2) is 0 Å². The fourth-order valence-electron chi connectivity index (χ4n) is 4.00. The van der Waals surface area contributed by atoms with Crippen LogP contribution in [0.3, 0.4) is 0 Å². The van der Waals surface area contributed by atoms with E-state index in [4.69, 9.17) is 0 Å². The predicted molar refractivity (Wildman–Crippen MR) is 108 cm³/mol. The molecule has 4 rings (SSSR count). The molecule has 1 aliphatic carbocycles. The lowest BCUT2D eigenvalue weighted by Crippen LogP contribution is -2.22. The van der Waals surface area contributed by atoms with Crippen LogP contribution in [0.15, 0.2) is 47.4 Å². The number of phenols is 2. The molecule has 28 heavy (non-hydrogen) atoms. The van der Waals surface area contributed by atoms with Crippen molar-refractivity contribution in [3.05, 3.63) is 63.9 Å². The molecule has 0 bridgehead atoms. The first-order chi connectivity index (χ1) is 13.5. The first-order valence-corrected chi connectivity index (χ1v) is 9.52. The summed E-state index contributed by atoms with van der Waals surface area (Å²) in [6, 6.07) is 9.78. The van der Waals surface area contributed by atoms with E-state index in [0.717, 1.165) is 18.4 Å². The molecule has 6 nitrogen and oxygen atoms in total. The Morgan fingerprint density at radius 1 is 1.04 bits per heavy atom. The van der Waals surface area contributed by atoms with Crippen molar-refractivity contribution in [3.63, 3.8) is 0 Å². The van der Waals surface area contributed by atoms with Crippen LogP contribution in [0.4, 0.5) is 5.69 Å². The fourth-order valence-corrected chi connectivity index (χ4v) is 4.00. The Morgan fingerprint density at radius 3 is 2.57 bits per heavy atom. The maximum Gasteiger partial charge on any atom is 0.261 e. The fraction of sp³-hybridized carbons (Fsp3) is 0.273. The third-order valence-corrected chi connectivity index (χ3v) is 5.46. The van der Waals surface area contributed by atoms with Gasteiger partial charge in [-0.3, -0.25) is 9.59 Å². The molecule has 3 aromatic rings. The molecule has 1 aromatic heterocycles. The van der Waals surface area contributed by atoms with Crippen molar-refractivity contribution in [1.29, 1.82) is 0 Å². The minimum Gasteiger partial charge on any atom is -0.508 e. The maximum atomic E-state index is 12.6. The number of rotatable bonds is 3. The highest BCUT2D eigenvalue weighted by Crippen LogP contribution is 2.38. The average Bonchev–Trinajstić information content (AvgIpc) is 2.69. The highest BCUT2D eigenvalue weighted by atomic mass is 16.3. The van der Waals surface area contributed by atoms with Crippen molar-refractivity contribution in [2.24, 2.45) is 0 Å². The largest absolute Gasteiger partial charge is 0.508 e. The van der Waals surface area contributed by atoms with E-state index < -0.39 is 11.3 Å². The molecule has 0 saturated heterocycles. The number of carbonyl (C=O) groups excluding carboxylic acids is 1. The van der Waals surface area contributed by atoms with Gasteiger partial charge >= 0.3 is 0 Å². The number of benzene rings is 2. The SMILES string of the molecule is O=C(Nc1ccc(C2CCCCC2)c(O)c1)c1c[nH]c2cccc(O)c2c1=O. The van der Waals surface area contributed by atoms with Gasteiger partial charge in [0.1, 0.15) is 17.1 Å². The molecule has 1 heterocycles. The van der Waals surface area contributed by atoms with E-state index in [1.807, 2.05) is 6.07 Å². The van der Waals surface area contributed by atoms with E-state index in [-0.39, 0.29) is 22.4 Å². The summed E-state index contributed by atoms with van der Waals surface area (Å²) in [5.74, 6) is -0.265. The first-order valence-electron chi connectivity index (χ1n) is 9.52. The molecule has 0 atom stereocenters. The van der Waals surface area contributed by atoms with E-state index in [1.165, 1.54) is 37.6 Å². The summed E-state index contributed by atoms with van der Waals surface area (Å²) in [5, 5.41) is 23.1. The number of pyridine rings is 1. The van der Waals surface area contributed by atoms with Gasteiger partial charge in [0.2, 0.25) is 5.43 Å². The van der Waals surface area contributed by atoms with Crippen molar-refractivity contribution in [3.8, 4) is 11.5 Å². The summed E-state index contributed by atoms with van der Waals surface area (Å²) in [5.41, 5.74) is 1.12. The van der Waals surface area contributed by atoms with E-state index >= 15 is 0 Å². The van der Waals surface area contributed by atoms with Crippen molar-refractivity contribution < 1.29 is 15.0 Å². The smallest absolute Gasteiger partial charge is 0.261 e. The predicted octanol–water partition coefficient (Wildman–Crippen LogP) is 4.24. The maximum absolute atomic E-state index is 12.6. The van der Waals surface area contributed by atoms with Crippen molar-refractivity contribution in [2.75, 3.05) is 5.32 Å². The summed E-state index contributed by atoms with van der Waals surface area (Å²) < 4.78 is 0. The lowest BCUT2D eigenvalue weighted by atomic mass is 9.83. The standard InChI is InChI=1S/C22H22N2O4/c25-18-8-4-7-17-20(18)21(27)16(12-23-17)22(28)24-14-9-10-15(19(26)11-14)13-5-2-1-3-6-13/h4,7-13,25-26H,1-3,5-6H2,(H,23,27)(H,24,28). The lowest BCUT2D eigenvalue weighted by Gasteiger charge is -2.23. The van der Waals surface area contributed by atoms with Crippen LogP contribution >= 0.6 is 0 Å². The lowest BCUT2D eigenvalue weighted by molar-refractivity contribution is 0.102. The number of aromatic hydroxyl groups is 2. The zero-order valence-electron chi connectivity index (χ0n) is 15.4. The number of amides is 1. The molecule has 1 aliphatic rings. The van der Waals surface area contributed by atoms with Crippen molar-refractivity contribution in [2.45, 2.75) is 38.0 Å². The third-order valence-electron chi connectivity index (χ3n) is 5.46. The number of carbonyl (C=O) groups is 1. The minimum absolute atomic E-state index is 0.0747. The zero-order chi connectivity index (χ0) is 19.7. The van der Waals surface area contributed by atoms with E-state index in [1.54, 1.807) is 18.2 Å². The third kappa shape index (κ3) is 3.33. The molecule has 1 amide bonds. The monoisotopic (exact) mass is 378 g/mol. The number of fused-ring (bicyclic) bond motifs is 1. The second kappa shape index (κ2) is 7.38. The molecule has 1 saturated carbocycles. The van der Waals surface area contributed by atoms with Crippen LogP contribution in [0.5, 0.6) is 11.5 Å². The highest BCUT2D eigenvalue weighted by molar-refractivity contribution is 6.06. The van der Waals surface area contributed by atoms with Crippen LogP contribution in [0.2, 0.25) is 0 Å². The molecule has 2 aromatic carbocycles. The van der Waals surface area contributed by atoms with Crippen LogP contribution in [-0.4, -0.2) is 21.1 Å². The first kappa shape index (κ1) is 18.1. The quantitative estimate of drug-likeness (QED) is 0.547. The number of phenolic OH excluding ortho intramolecular Hbond substituents is 2. The number of H-pyrrole nitrogens is 1. The Kier molecular flexibility index (Phi) is 4.77. The second-order valence-electron chi connectivity index (χ2n) is 7.29. The molecule has 144 valence electrons. The number of nitrogens with one attached hydrogen (secondary N) is 2. The summed E-state index contributed by atoms with van der Waals surface area (Å²) in [4.78, 5) is 28.1. The molecule has 0 aliphatic heterocycles. The molecular formula is C22H22N2O4. The van der Waals surface area contributed by atoms with Gasteiger partial charge in [0.05, 0.1) is 10.9 Å². The molecule has 0 unspecified atom stereocenters. The van der Waals surface area contributed by atoms with E-state index in [2.05, 4.69) is 10.3 Å². The van der Waals surface area contributed by atoms with Gasteiger partial charge < -0.3 is 20.5 Å². The van der Waals surface area contributed by atoms with Gasteiger partial charge in [-0.25, -0.2) is 0 Å². The van der Waals surface area contributed by atoms with Gasteiger partial charge in [0.25, 0.3) is 5.91 Å². The molecule has 0 spiro atoms. The van der Waals surface area contributed by atoms with Crippen molar-refractivity contribution >= 4 is 22.5 Å². The van der Waals surface area contributed by atoms with Gasteiger partial charge in [-0.15, -0.1) is 0 Å². The Bertz CT molecular complexity index is 1100. The zero-order valence-corrected chi connectivity index (χ0v) is 15.4. The van der Waals surface area contributed by atoms with Crippen LogP contribution < -0.4 is 10.7 Å². The normalized spacial score (nSPS) is 14.9. The van der Waals surface area contributed by atoms with E-state index in [0.29, 0.717) is 17.1 Å². The molecular weight excluding hydrogens is 356 g/mol. The van der Waals surface area contributed by atoms with Crippen LogP contribution in [0.25, 0.3) is 10.9 Å². The van der Waals surface area contributed by atoms with Crippen molar-refractivity contribution in [1.82, 2.24) is 4.98 Å². The molecule has 4 N–H and O–H groups in total. The Morgan fingerprint density at radius 2 is 1.82 bits per heavy atom. The molecule has 6 heteroatoms. The Balaban J connectivity index is 1.59.